The number of thioether (sulfide) groups is 1. The van der Waals surface area contributed by atoms with E-state index >= 15 is 0 Å². The number of anilines is 3. The van der Waals surface area contributed by atoms with Crippen molar-refractivity contribution in [2.45, 2.75) is 45.9 Å². The van der Waals surface area contributed by atoms with E-state index in [9.17, 15) is 14.4 Å². The minimum Gasteiger partial charge on any atom is -0.495 e. The molecule has 0 aliphatic carbocycles. The summed E-state index contributed by atoms with van der Waals surface area (Å²) >= 11 is 1.18. The Hall–Kier alpha value is -4.04. The van der Waals surface area contributed by atoms with E-state index in [4.69, 9.17) is 4.74 Å². The molecule has 0 saturated carbocycles. The molecule has 39 heavy (non-hydrogen) atoms. The Bertz CT molecular complexity index is 1480. The molecule has 2 N–H and O–H groups in total. The summed E-state index contributed by atoms with van der Waals surface area (Å²) in [5.74, 6) is -0.156. The number of amides is 3. The molecule has 1 heterocycles. The monoisotopic (exact) mass is 543 g/mol. The van der Waals surface area contributed by atoms with Crippen LogP contribution >= 0.6 is 11.8 Å². The Morgan fingerprint density at radius 1 is 0.949 bits per heavy atom. The van der Waals surface area contributed by atoms with Gasteiger partial charge in [-0.1, -0.05) is 43.8 Å². The Morgan fingerprint density at radius 3 is 2.41 bits per heavy atom. The molecule has 8 heteroatoms. The molecule has 0 unspecified atom stereocenters. The number of hydrogen-bond acceptors (Lipinski definition) is 6. The van der Waals surface area contributed by atoms with E-state index in [1.165, 1.54) is 16.7 Å². The van der Waals surface area contributed by atoms with Gasteiger partial charge in [-0.3, -0.25) is 14.4 Å². The van der Waals surface area contributed by atoms with E-state index in [1.54, 1.807) is 25.3 Å². The van der Waals surface area contributed by atoms with Gasteiger partial charge in [-0.15, -0.1) is 0 Å². The van der Waals surface area contributed by atoms with Gasteiger partial charge in [0.1, 0.15) is 16.4 Å². The summed E-state index contributed by atoms with van der Waals surface area (Å²) < 4.78 is 5.50. The predicted octanol–water partition coefficient (Wildman–Crippen LogP) is 6.59. The van der Waals surface area contributed by atoms with Gasteiger partial charge in [-0.2, -0.15) is 0 Å². The van der Waals surface area contributed by atoms with Crippen LogP contribution in [0.4, 0.5) is 17.1 Å². The number of ether oxygens (including phenoxy) is 1. The van der Waals surface area contributed by atoms with Crippen molar-refractivity contribution in [3.8, 4) is 5.75 Å². The molecule has 0 saturated heterocycles. The molecular formula is C31H33N3O4S. The topological polar surface area (TPSA) is 87.7 Å². The number of imide groups is 1. The molecule has 3 amide bonds. The molecular weight excluding hydrogens is 510 g/mol. The third-order valence-corrected chi connectivity index (χ3v) is 7.41. The second-order valence-corrected chi connectivity index (χ2v) is 11.1. The number of aryl methyl sites for hydroxylation is 3. The van der Waals surface area contributed by atoms with Gasteiger partial charge in [0.05, 0.1) is 18.5 Å². The summed E-state index contributed by atoms with van der Waals surface area (Å²) in [6.07, 6.45) is 0.410. The highest BCUT2D eigenvalue weighted by Gasteiger charge is 2.40. The van der Waals surface area contributed by atoms with Crippen LogP contribution in [0.1, 0.15) is 37.0 Å². The second-order valence-electron chi connectivity index (χ2n) is 10.0. The lowest BCUT2D eigenvalue weighted by Crippen LogP contribution is -2.32. The zero-order valence-corrected chi connectivity index (χ0v) is 23.9. The number of carbonyl (C=O) groups excluding carboxylic acids is 3. The predicted molar refractivity (Wildman–Crippen MR) is 157 cm³/mol. The van der Waals surface area contributed by atoms with Crippen molar-refractivity contribution in [1.29, 1.82) is 0 Å². The molecule has 0 spiro atoms. The number of benzene rings is 3. The summed E-state index contributed by atoms with van der Waals surface area (Å²) in [5, 5.41) is 6.11. The van der Waals surface area contributed by atoms with Crippen LogP contribution in [0.3, 0.4) is 0 Å². The van der Waals surface area contributed by atoms with Crippen LogP contribution in [-0.4, -0.2) is 24.8 Å². The van der Waals surface area contributed by atoms with Crippen molar-refractivity contribution in [2.75, 3.05) is 22.6 Å². The van der Waals surface area contributed by atoms with E-state index in [1.807, 2.05) is 77.1 Å². The molecule has 3 aromatic rings. The first-order chi connectivity index (χ1) is 18.6. The zero-order chi connectivity index (χ0) is 28.3. The van der Waals surface area contributed by atoms with Crippen LogP contribution in [0.25, 0.3) is 0 Å². The molecule has 0 atom stereocenters. The minimum absolute atomic E-state index is 0.0756. The molecule has 7 nitrogen and oxygen atoms in total. The maximum atomic E-state index is 13.8. The first kappa shape index (κ1) is 28.0. The Morgan fingerprint density at radius 2 is 1.72 bits per heavy atom. The lowest BCUT2D eigenvalue weighted by atomic mass is 10.1. The fraction of sp³-hybridized carbons (Fsp3) is 0.258. The maximum Gasteiger partial charge on any atom is 0.283 e. The molecule has 1 aliphatic heterocycles. The number of rotatable bonds is 9. The van der Waals surface area contributed by atoms with Crippen molar-refractivity contribution >= 4 is 46.5 Å². The summed E-state index contributed by atoms with van der Waals surface area (Å²) in [4.78, 5) is 42.1. The summed E-state index contributed by atoms with van der Waals surface area (Å²) in [6.45, 7) is 9.84. The van der Waals surface area contributed by atoms with Gasteiger partial charge >= 0.3 is 0 Å². The number of nitrogens with one attached hydrogen (secondary N) is 2. The van der Waals surface area contributed by atoms with Crippen molar-refractivity contribution in [3.05, 3.63) is 88.0 Å². The van der Waals surface area contributed by atoms with E-state index < -0.39 is 11.8 Å². The summed E-state index contributed by atoms with van der Waals surface area (Å²) in [5.41, 5.74) is 4.91. The fourth-order valence-corrected chi connectivity index (χ4v) is 5.19. The van der Waals surface area contributed by atoms with Gasteiger partial charge in [0.25, 0.3) is 11.8 Å². The van der Waals surface area contributed by atoms with Crippen LogP contribution in [0.5, 0.6) is 5.75 Å². The molecule has 0 bridgehead atoms. The van der Waals surface area contributed by atoms with Crippen LogP contribution in [0.15, 0.2) is 76.2 Å². The number of carbonyl (C=O) groups is 3. The highest BCUT2D eigenvalue weighted by atomic mass is 32.2. The lowest BCUT2D eigenvalue weighted by Gasteiger charge is -2.17. The number of methoxy groups -OCH3 is 1. The van der Waals surface area contributed by atoms with Gasteiger partial charge in [0.2, 0.25) is 5.91 Å². The maximum absolute atomic E-state index is 13.8. The van der Waals surface area contributed by atoms with Crippen molar-refractivity contribution < 1.29 is 19.1 Å². The average Bonchev–Trinajstić information content (AvgIpc) is 3.09. The standard InChI is InChI=1S/C31H33N3O4S/c1-18(2)14-27(35)32-22-8-7-9-24(17-22)39-29-28(33-25-15-19(3)10-13-26(25)38-6)30(36)34(31(29)37)23-12-11-20(4)21(5)16-23/h7-13,15-18,33H,14H2,1-6H3,(H,32,35). The molecule has 202 valence electrons. The van der Waals surface area contributed by atoms with Gasteiger partial charge in [-0.05, 0) is 85.8 Å². The lowest BCUT2D eigenvalue weighted by molar-refractivity contribution is -0.120. The largest absolute Gasteiger partial charge is 0.495 e. The summed E-state index contributed by atoms with van der Waals surface area (Å²) in [7, 11) is 1.56. The highest BCUT2D eigenvalue weighted by Crippen LogP contribution is 2.40. The quantitative estimate of drug-likeness (QED) is 0.296. The third-order valence-electron chi connectivity index (χ3n) is 6.34. The van der Waals surface area contributed by atoms with E-state index in [0.717, 1.165) is 16.7 Å². The third kappa shape index (κ3) is 6.34. The van der Waals surface area contributed by atoms with Crippen molar-refractivity contribution in [3.63, 3.8) is 0 Å². The molecule has 0 radical (unpaired) electrons. The molecule has 0 aromatic heterocycles. The SMILES string of the molecule is COc1ccc(C)cc1NC1=C(Sc2cccc(NC(=O)CC(C)C)c2)C(=O)N(c2ccc(C)c(C)c2)C1=O. The first-order valence-electron chi connectivity index (χ1n) is 12.8. The molecule has 3 aromatic carbocycles. The van der Waals surface area contributed by atoms with Crippen molar-refractivity contribution in [1.82, 2.24) is 0 Å². The first-order valence-corrected chi connectivity index (χ1v) is 13.6. The van der Waals surface area contributed by atoms with Gasteiger partial charge in [-0.25, -0.2) is 4.90 Å². The Kier molecular flexibility index (Phi) is 8.45. The summed E-state index contributed by atoms with van der Waals surface area (Å²) in [6, 6.07) is 18.4. The van der Waals surface area contributed by atoms with Crippen LogP contribution < -0.4 is 20.3 Å². The van der Waals surface area contributed by atoms with Gasteiger partial charge in [0, 0.05) is 17.0 Å². The van der Waals surface area contributed by atoms with Crippen LogP contribution in [0, 0.1) is 26.7 Å². The smallest absolute Gasteiger partial charge is 0.283 e. The van der Waals surface area contributed by atoms with E-state index in [2.05, 4.69) is 10.6 Å². The van der Waals surface area contributed by atoms with E-state index in [-0.39, 0.29) is 22.4 Å². The van der Waals surface area contributed by atoms with Crippen LogP contribution in [0.2, 0.25) is 0 Å². The average molecular weight is 544 g/mol. The van der Waals surface area contributed by atoms with Crippen LogP contribution in [-0.2, 0) is 14.4 Å². The zero-order valence-electron chi connectivity index (χ0n) is 23.0. The van der Waals surface area contributed by atoms with Crippen molar-refractivity contribution in [2.24, 2.45) is 5.92 Å². The van der Waals surface area contributed by atoms with E-state index in [0.29, 0.717) is 34.1 Å². The number of hydrogen-bond donors (Lipinski definition) is 2. The minimum atomic E-state index is -0.448. The molecule has 0 fully saturated rings. The second kappa shape index (κ2) is 11.8. The Balaban J connectivity index is 1.73. The molecule has 1 aliphatic rings. The number of nitrogens with zero attached hydrogens (tertiary/aromatic N) is 1. The fourth-order valence-electron chi connectivity index (χ4n) is 4.21. The normalized spacial score (nSPS) is 13.4. The Labute approximate surface area is 233 Å². The molecule has 4 rings (SSSR count). The van der Waals surface area contributed by atoms with Gasteiger partial charge in [0.15, 0.2) is 0 Å². The highest BCUT2D eigenvalue weighted by molar-refractivity contribution is 8.04. The van der Waals surface area contributed by atoms with Gasteiger partial charge < -0.3 is 15.4 Å².